The normalized spacial score (nSPS) is 30.2. The summed E-state index contributed by atoms with van der Waals surface area (Å²) in [6.07, 6.45) is 0. The number of halogens is 2. The maximum absolute atomic E-state index is 13.4. The smallest absolute Gasteiger partial charge is 0.243 e. The average Bonchev–Trinajstić information content (AvgIpc) is 2.77. The summed E-state index contributed by atoms with van der Waals surface area (Å²) >= 11 is 0. The molecule has 2 N–H and O–H groups in total. The molecule has 1 aromatic rings. The Morgan fingerprint density at radius 1 is 1.22 bits per heavy atom. The minimum absolute atomic E-state index is 0.154. The summed E-state index contributed by atoms with van der Waals surface area (Å²) in [4.78, 5) is -0.625. The van der Waals surface area contributed by atoms with Gasteiger partial charge in [-0.05, 0) is 43.1 Å². The Labute approximate surface area is 103 Å². The maximum Gasteiger partial charge on any atom is 0.243 e. The molecule has 1 saturated carbocycles. The molecule has 1 aliphatic carbocycles. The molecule has 0 spiro atoms. The van der Waals surface area contributed by atoms with Gasteiger partial charge in [-0.1, -0.05) is 0 Å². The molecule has 1 saturated heterocycles. The second kappa shape index (κ2) is 3.97. The molecular weight excluding hydrogens is 262 g/mol. The first-order valence-corrected chi connectivity index (χ1v) is 7.15. The molecule has 2 atom stereocenters. The topological polar surface area (TPSA) is 58.2 Å². The van der Waals surface area contributed by atoms with Crippen LogP contribution in [0.15, 0.2) is 23.1 Å². The fraction of sp³-hybridized carbons (Fsp3) is 0.455. The van der Waals surface area contributed by atoms with E-state index in [0.717, 1.165) is 25.2 Å². The molecule has 2 aliphatic rings. The quantitative estimate of drug-likeness (QED) is 0.842. The van der Waals surface area contributed by atoms with Crippen molar-refractivity contribution in [1.82, 2.24) is 10.0 Å². The predicted octanol–water partition coefficient (Wildman–Crippen LogP) is 0.461. The van der Waals surface area contributed by atoms with Crippen LogP contribution in [0.3, 0.4) is 0 Å². The van der Waals surface area contributed by atoms with Crippen LogP contribution in [0.2, 0.25) is 0 Å². The third-order valence-electron chi connectivity index (χ3n) is 3.57. The van der Waals surface area contributed by atoms with Gasteiger partial charge in [0.25, 0.3) is 0 Å². The van der Waals surface area contributed by atoms with Crippen LogP contribution in [-0.4, -0.2) is 27.5 Å². The van der Waals surface area contributed by atoms with E-state index in [4.69, 9.17) is 0 Å². The lowest BCUT2D eigenvalue weighted by molar-refractivity contribution is 0.538. The Hall–Kier alpha value is -1.05. The van der Waals surface area contributed by atoms with Crippen LogP contribution in [0.4, 0.5) is 8.78 Å². The molecule has 0 radical (unpaired) electrons. The fourth-order valence-corrected chi connectivity index (χ4v) is 3.95. The molecular formula is C11H12F2N2O2S. The summed E-state index contributed by atoms with van der Waals surface area (Å²) < 4.78 is 52.8. The Balaban J connectivity index is 1.84. The van der Waals surface area contributed by atoms with E-state index in [1.165, 1.54) is 0 Å². The van der Waals surface area contributed by atoms with Crippen molar-refractivity contribution in [2.45, 2.75) is 10.9 Å². The van der Waals surface area contributed by atoms with Crippen molar-refractivity contribution in [2.75, 3.05) is 13.1 Å². The number of sulfonamides is 1. The molecule has 1 heterocycles. The lowest BCUT2D eigenvalue weighted by Crippen LogP contribution is -2.33. The van der Waals surface area contributed by atoms with E-state index in [-0.39, 0.29) is 17.9 Å². The van der Waals surface area contributed by atoms with Gasteiger partial charge in [-0.25, -0.2) is 21.9 Å². The van der Waals surface area contributed by atoms with Gasteiger partial charge in [0.05, 0.1) is 0 Å². The van der Waals surface area contributed by atoms with Gasteiger partial charge < -0.3 is 5.32 Å². The van der Waals surface area contributed by atoms with E-state index in [1.807, 2.05) is 0 Å². The third kappa shape index (κ3) is 1.92. The molecule has 2 fully saturated rings. The maximum atomic E-state index is 13.4. The molecule has 7 heteroatoms. The van der Waals surface area contributed by atoms with E-state index in [0.29, 0.717) is 6.07 Å². The highest BCUT2D eigenvalue weighted by Crippen LogP contribution is 2.42. The summed E-state index contributed by atoms with van der Waals surface area (Å²) in [6, 6.07) is 2.26. The van der Waals surface area contributed by atoms with Gasteiger partial charge in [-0.15, -0.1) is 0 Å². The standard InChI is InChI=1S/C11H12F2N2O2S/c12-6-1-2-9(13)10(3-6)18(16,17)15-11-7-4-14-5-8(7)11/h1-3,7-8,11,14-15H,4-5H2. The summed E-state index contributed by atoms with van der Waals surface area (Å²) in [5.41, 5.74) is 0. The molecule has 4 nitrogen and oxygen atoms in total. The zero-order valence-corrected chi connectivity index (χ0v) is 10.2. The summed E-state index contributed by atoms with van der Waals surface area (Å²) in [6.45, 7) is 1.53. The van der Waals surface area contributed by atoms with E-state index in [2.05, 4.69) is 10.0 Å². The zero-order valence-electron chi connectivity index (χ0n) is 9.36. The molecule has 1 aliphatic heterocycles. The van der Waals surface area contributed by atoms with E-state index < -0.39 is 26.6 Å². The number of benzene rings is 1. The summed E-state index contributed by atoms with van der Waals surface area (Å²) in [5, 5.41) is 3.13. The predicted molar refractivity (Wildman–Crippen MR) is 60.3 cm³/mol. The van der Waals surface area contributed by atoms with Crippen molar-refractivity contribution in [2.24, 2.45) is 11.8 Å². The molecule has 2 unspecified atom stereocenters. The van der Waals surface area contributed by atoms with Crippen LogP contribution >= 0.6 is 0 Å². The molecule has 0 bridgehead atoms. The lowest BCUT2D eigenvalue weighted by atomic mass is 10.3. The minimum Gasteiger partial charge on any atom is -0.316 e. The largest absolute Gasteiger partial charge is 0.316 e. The third-order valence-corrected chi connectivity index (χ3v) is 5.04. The Bertz CT molecular complexity index is 581. The van der Waals surface area contributed by atoms with Gasteiger partial charge in [0.1, 0.15) is 16.5 Å². The van der Waals surface area contributed by atoms with Gasteiger partial charge in [0.2, 0.25) is 10.0 Å². The van der Waals surface area contributed by atoms with E-state index >= 15 is 0 Å². The van der Waals surface area contributed by atoms with Crippen molar-refractivity contribution in [3.63, 3.8) is 0 Å². The number of piperidine rings is 1. The zero-order chi connectivity index (χ0) is 12.9. The van der Waals surface area contributed by atoms with Gasteiger partial charge >= 0.3 is 0 Å². The number of fused-ring (bicyclic) bond motifs is 1. The highest BCUT2D eigenvalue weighted by molar-refractivity contribution is 7.89. The van der Waals surface area contributed by atoms with Crippen LogP contribution in [0, 0.1) is 23.5 Å². The number of nitrogens with one attached hydrogen (secondary N) is 2. The van der Waals surface area contributed by atoms with Gasteiger partial charge in [-0.2, -0.15) is 0 Å². The number of rotatable bonds is 3. The van der Waals surface area contributed by atoms with Gasteiger partial charge in [0.15, 0.2) is 0 Å². The van der Waals surface area contributed by atoms with Crippen LogP contribution in [0.5, 0.6) is 0 Å². The lowest BCUT2D eigenvalue weighted by Gasteiger charge is -2.09. The summed E-state index contributed by atoms with van der Waals surface area (Å²) in [5.74, 6) is -1.16. The Morgan fingerprint density at radius 3 is 2.56 bits per heavy atom. The first kappa shape index (κ1) is 12.0. The second-order valence-electron chi connectivity index (χ2n) is 4.71. The molecule has 3 rings (SSSR count). The van der Waals surface area contributed by atoms with Crippen molar-refractivity contribution in [3.8, 4) is 0 Å². The average molecular weight is 274 g/mol. The van der Waals surface area contributed by atoms with Crippen LogP contribution in [0.25, 0.3) is 0 Å². The molecule has 0 amide bonds. The van der Waals surface area contributed by atoms with Crippen LogP contribution in [0.1, 0.15) is 0 Å². The van der Waals surface area contributed by atoms with E-state index in [1.54, 1.807) is 0 Å². The fourth-order valence-electron chi connectivity index (χ4n) is 2.52. The number of hydrogen-bond acceptors (Lipinski definition) is 3. The van der Waals surface area contributed by atoms with Gasteiger partial charge in [-0.3, -0.25) is 0 Å². The highest BCUT2D eigenvalue weighted by Gasteiger charge is 2.54. The molecule has 98 valence electrons. The highest BCUT2D eigenvalue weighted by atomic mass is 32.2. The Morgan fingerprint density at radius 2 is 1.89 bits per heavy atom. The van der Waals surface area contributed by atoms with Crippen molar-refractivity contribution < 1.29 is 17.2 Å². The van der Waals surface area contributed by atoms with Crippen LogP contribution in [-0.2, 0) is 10.0 Å². The summed E-state index contributed by atoms with van der Waals surface area (Å²) in [7, 11) is -3.99. The monoisotopic (exact) mass is 274 g/mol. The first-order chi connectivity index (χ1) is 8.49. The van der Waals surface area contributed by atoms with Crippen molar-refractivity contribution >= 4 is 10.0 Å². The first-order valence-electron chi connectivity index (χ1n) is 5.67. The molecule has 1 aromatic carbocycles. The SMILES string of the molecule is O=S(=O)(NC1C2CNCC21)c1cc(F)ccc1F. The number of hydrogen-bond donors (Lipinski definition) is 2. The second-order valence-corrected chi connectivity index (χ2v) is 6.39. The Kier molecular flexibility index (Phi) is 2.65. The van der Waals surface area contributed by atoms with Gasteiger partial charge in [0, 0.05) is 6.04 Å². The molecule has 0 aromatic heterocycles. The minimum atomic E-state index is -3.99. The molecule has 18 heavy (non-hydrogen) atoms. The van der Waals surface area contributed by atoms with E-state index in [9.17, 15) is 17.2 Å². The van der Waals surface area contributed by atoms with Crippen molar-refractivity contribution in [1.29, 1.82) is 0 Å². The van der Waals surface area contributed by atoms with Crippen LogP contribution < -0.4 is 10.0 Å². The van der Waals surface area contributed by atoms with Crippen molar-refractivity contribution in [3.05, 3.63) is 29.8 Å².